The van der Waals surface area contributed by atoms with Crippen LogP contribution >= 0.6 is 11.8 Å². The number of ether oxygens (including phenoxy) is 1. The van der Waals surface area contributed by atoms with Gasteiger partial charge in [0.05, 0.1) is 21.1 Å². The van der Waals surface area contributed by atoms with Crippen molar-refractivity contribution < 1.29 is 23.6 Å². The minimum atomic E-state index is -0.897. The van der Waals surface area contributed by atoms with Gasteiger partial charge < -0.3 is 9.30 Å². The van der Waals surface area contributed by atoms with Crippen LogP contribution in [0.15, 0.2) is 58.6 Å². The second-order valence-corrected chi connectivity index (χ2v) is 8.71. The maximum absolute atomic E-state index is 14.3. The number of ketones is 1. The molecule has 11 nitrogen and oxygen atoms in total. The number of hydrogen-bond donors (Lipinski definition) is 0. The second-order valence-electron chi connectivity index (χ2n) is 7.70. The lowest BCUT2D eigenvalue weighted by Gasteiger charge is -2.11. The molecule has 4 rings (SSSR count). The van der Waals surface area contributed by atoms with E-state index in [0.29, 0.717) is 22.2 Å². The van der Waals surface area contributed by atoms with E-state index in [0.717, 1.165) is 17.8 Å². The molecule has 0 atom stereocenters. The van der Waals surface area contributed by atoms with Gasteiger partial charge in [0, 0.05) is 30.1 Å². The van der Waals surface area contributed by atoms with Gasteiger partial charge in [0.1, 0.15) is 5.82 Å². The lowest BCUT2D eigenvalue weighted by molar-refractivity contribution is -0.387. The average Bonchev–Trinajstić information content (AvgIpc) is 3.39. The van der Waals surface area contributed by atoms with E-state index in [2.05, 4.69) is 15.5 Å². The third-order valence-electron chi connectivity index (χ3n) is 5.33. The summed E-state index contributed by atoms with van der Waals surface area (Å²) in [5, 5.41) is 22.8. The largest absolute Gasteiger partial charge is 0.454 e. The lowest BCUT2D eigenvalue weighted by atomic mass is 10.1. The van der Waals surface area contributed by atoms with Crippen LogP contribution in [0.1, 0.15) is 32.1 Å². The number of para-hydroxylation sites is 1. The van der Waals surface area contributed by atoms with Gasteiger partial charge in [-0.15, -0.1) is 5.10 Å². The van der Waals surface area contributed by atoms with Gasteiger partial charge in [-0.2, -0.15) is 0 Å². The molecule has 0 N–H and O–H groups in total. The van der Waals surface area contributed by atoms with E-state index in [-0.39, 0.29) is 21.7 Å². The summed E-state index contributed by atoms with van der Waals surface area (Å²) in [6.07, 6.45) is 0. The maximum Gasteiger partial charge on any atom is 0.338 e. The topological polar surface area (TPSA) is 135 Å². The Hall–Kier alpha value is -4.39. The van der Waals surface area contributed by atoms with Gasteiger partial charge in [0.2, 0.25) is 10.9 Å². The van der Waals surface area contributed by atoms with Crippen LogP contribution in [0.25, 0.3) is 5.69 Å². The molecule has 0 aliphatic rings. The highest BCUT2D eigenvalue weighted by molar-refractivity contribution is 7.99. The molecular formula is C23H19FN6O5S. The molecule has 0 fully saturated rings. The molecule has 2 aromatic heterocycles. The SMILES string of the molecule is Cc1cc(C(=O)COC(=O)c2ccc(Sc3nnnn3C)c([N+](=O)[O-])c2)c(C)n1-c1ccccc1F. The number of esters is 1. The van der Waals surface area contributed by atoms with Crippen molar-refractivity contribution in [2.75, 3.05) is 6.61 Å². The molecule has 0 saturated heterocycles. The molecule has 0 bridgehead atoms. The molecule has 0 saturated carbocycles. The molecule has 0 aliphatic heterocycles. The molecule has 0 amide bonds. The first kappa shape index (κ1) is 24.7. The van der Waals surface area contributed by atoms with Crippen molar-refractivity contribution in [1.29, 1.82) is 0 Å². The van der Waals surface area contributed by atoms with Gasteiger partial charge in [0.25, 0.3) is 5.69 Å². The van der Waals surface area contributed by atoms with Crippen molar-refractivity contribution in [3.8, 4) is 5.69 Å². The Morgan fingerprint density at radius 2 is 1.92 bits per heavy atom. The zero-order valence-electron chi connectivity index (χ0n) is 19.3. The van der Waals surface area contributed by atoms with E-state index in [4.69, 9.17) is 4.74 Å². The zero-order chi connectivity index (χ0) is 26.0. The number of hydrogen-bond acceptors (Lipinski definition) is 9. The molecule has 0 unspecified atom stereocenters. The summed E-state index contributed by atoms with van der Waals surface area (Å²) in [6, 6.07) is 11.6. The third-order valence-corrected chi connectivity index (χ3v) is 6.43. The fourth-order valence-corrected chi connectivity index (χ4v) is 4.44. The van der Waals surface area contributed by atoms with Crippen molar-refractivity contribution in [2.45, 2.75) is 23.9 Å². The van der Waals surface area contributed by atoms with Crippen molar-refractivity contribution in [3.63, 3.8) is 0 Å². The normalized spacial score (nSPS) is 10.9. The Labute approximate surface area is 208 Å². The average molecular weight is 511 g/mol. The summed E-state index contributed by atoms with van der Waals surface area (Å²) in [7, 11) is 1.59. The van der Waals surface area contributed by atoms with Crippen LogP contribution in [-0.2, 0) is 11.8 Å². The minimum absolute atomic E-state index is 0.0910. The maximum atomic E-state index is 14.3. The van der Waals surface area contributed by atoms with Crippen LogP contribution in [0.5, 0.6) is 0 Å². The zero-order valence-corrected chi connectivity index (χ0v) is 20.2. The first-order valence-corrected chi connectivity index (χ1v) is 11.3. The van der Waals surface area contributed by atoms with E-state index in [1.54, 1.807) is 49.7 Å². The number of carbonyl (C=O) groups excluding carboxylic acids is 2. The van der Waals surface area contributed by atoms with Crippen LogP contribution in [0.4, 0.5) is 10.1 Å². The Kier molecular flexibility index (Phi) is 6.92. The summed E-state index contributed by atoms with van der Waals surface area (Å²) in [5.41, 5.74) is 1.27. The van der Waals surface area contributed by atoms with Crippen molar-refractivity contribution in [1.82, 2.24) is 24.8 Å². The smallest absolute Gasteiger partial charge is 0.338 e. The molecule has 0 aliphatic carbocycles. The van der Waals surface area contributed by atoms with Crippen LogP contribution in [0, 0.1) is 29.8 Å². The molecule has 36 heavy (non-hydrogen) atoms. The lowest BCUT2D eigenvalue weighted by Crippen LogP contribution is -2.15. The molecule has 184 valence electrons. The molecule has 0 radical (unpaired) electrons. The third kappa shape index (κ3) is 4.86. The minimum Gasteiger partial charge on any atom is -0.454 e. The number of carbonyl (C=O) groups is 2. The summed E-state index contributed by atoms with van der Waals surface area (Å²) in [5.74, 6) is -1.83. The summed E-state index contributed by atoms with van der Waals surface area (Å²) >= 11 is 0.966. The van der Waals surface area contributed by atoms with Gasteiger partial charge in [0.15, 0.2) is 6.61 Å². The van der Waals surface area contributed by atoms with Crippen molar-refractivity contribution >= 4 is 29.2 Å². The molecular weight excluding hydrogens is 491 g/mol. The first-order valence-electron chi connectivity index (χ1n) is 10.5. The van der Waals surface area contributed by atoms with Gasteiger partial charge >= 0.3 is 5.97 Å². The number of aromatic nitrogens is 5. The summed E-state index contributed by atoms with van der Waals surface area (Å²) < 4.78 is 22.4. The number of nitro groups is 1. The van der Waals surface area contributed by atoms with Gasteiger partial charge in [-0.05, 0) is 66.4 Å². The van der Waals surface area contributed by atoms with Crippen LogP contribution < -0.4 is 0 Å². The fourth-order valence-electron chi connectivity index (χ4n) is 3.62. The van der Waals surface area contributed by atoms with Crippen LogP contribution in [0.3, 0.4) is 0 Å². The molecule has 2 heterocycles. The number of rotatable bonds is 8. The van der Waals surface area contributed by atoms with Gasteiger partial charge in [-0.3, -0.25) is 14.9 Å². The number of halogens is 1. The highest BCUT2D eigenvalue weighted by Gasteiger charge is 2.23. The molecule has 2 aromatic carbocycles. The summed E-state index contributed by atoms with van der Waals surface area (Å²) in [4.78, 5) is 36.5. The van der Waals surface area contributed by atoms with Crippen molar-refractivity contribution in [3.05, 3.63) is 87.0 Å². The number of nitrogens with zero attached hydrogens (tertiary/aromatic N) is 6. The monoisotopic (exact) mass is 510 g/mol. The quantitative estimate of drug-likeness (QED) is 0.150. The predicted octanol–water partition coefficient (Wildman–Crippen LogP) is 3.86. The van der Waals surface area contributed by atoms with Gasteiger partial charge in [-0.1, -0.05) is 12.1 Å². The molecule has 13 heteroatoms. The standard InChI is InChI=1S/C23H19FN6O5S/c1-13-10-16(14(2)29(13)18-7-5-4-6-17(18)24)20(31)12-35-22(32)15-8-9-21(19(11-15)30(33)34)36-23-25-26-27-28(23)3/h4-11H,12H2,1-3H3. The van der Waals surface area contributed by atoms with E-state index in [1.165, 1.54) is 22.9 Å². The highest BCUT2D eigenvalue weighted by Crippen LogP contribution is 2.34. The van der Waals surface area contributed by atoms with E-state index in [1.807, 2.05) is 0 Å². The van der Waals surface area contributed by atoms with Crippen molar-refractivity contribution in [2.24, 2.45) is 7.05 Å². The Morgan fingerprint density at radius 1 is 1.17 bits per heavy atom. The first-order chi connectivity index (χ1) is 17.2. The fraction of sp³-hybridized carbons (Fsp3) is 0.174. The van der Waals surface area contributed by atoms with E-state index < -0.39 is 29.1 Å². The molecule has 0 spiro atoms. The number of nitro benzene ring substituents is 1. The Morgan fingerprint density at radius 3 is 2.58 bits per heavy atom. The summed E-state index contributed by atoms with van der Waals surface area (Å²) in [6.45, 7) is 2.81. The predicted molar refractivity (Wildman–Crippen MR) is 126 cm³/mol. The Balaban J connectivity index is 1.50. The second kappa shape index (κ2) is 10.1. The van der Waals surface area contributed by atoms with Crippen LogP contribution in [-0.4, -0.2) is 48.1 Å². The number of tetrazole rings is 1. The van der Waals surface area contributed by atoms with Gasteiger partial charge in [-0.25, -0.2) is 13.9 Å². The Bertz CT molecular complexity index is 1500. The molecule has 4 aromatic rings. The van der Waals surface area contributed by atoms with E-state index in [9.17, 15) is 24.1 Å². The number of benzene rings is 2. The van der Waals surface area contributed by atoms with Crippen LogP contribution in [0.2, 0.25) is 0 Å². The van der Waals surface area contributed by atoms with E-state index >= 15 is 0 Å². The highest BCUT2D eigenvalue weighted by atomic mass is 32.2. The number of Topliss-reactive ketones (excluding diaryl/α,β-unsaturated/α-hetero) is 1. The number of aryl methyl sites for hydroxylation is 2.